The molecule has 1 saturated heterocycles. The highest BCUT2D eigenvalue weighted by Crippen LogP contribution is 2.39. The molecule has 4 amide bonds. The van der Waals surface area contributed by atoms with Gasteiger partial charge >= 0.3 is 0 Å². The molecule has 2 heterocycles. The van der Waals surface area contributed by atoms with E-state index in [2.05, 4.69) is 27.4 Å². The van der Waals surface area contributed by atoms with Crippen molar-refractivity contribution >= 4 is 46.7 Å². The van der Waals surface area contributed by atoms with E-state index in [-0.39, 0.29) is 43.7 Å². The lowest BCUT2D eigenvalue weighted by molar-refractivity contribution is -0.145. The molecule has 4 aliphatic rings. The Kier molecular flexibility index (Phi) is 11.4. The first-order valence-electron chi connectivity index (χ1n) is 17.4. The van der Waals surface area contributed by atoms with Crippen LogP contribution >= 0.6 is 11.6 Å². The lowest BCUT2D eigenvalue weighted by Crippen LogP contribution is -2.59. The van der Waals surface area contributed by atoms with Crippen LogP contribution in [0.4, 0.5) is 0 Å². The predicted molar refractivity (Wildman–Crippen MR) is 185 cm³/mol. The summed E-state index contributed by atoms with van der Waals surface area (Å²) in [6.45, 7) is 5.61. The van der Waals surface area contributed by atoms with E-state index in [4.69, 9.17) is 22.9 Å². The van der Waals surface area contributed by atoms with E-state index < -0.39 is 52.6 Å². The van der Waals surface area contributed by atoms with E-state index in [1.54, 1.807) is 12.1 Å². The number of rotatable bonds is 12. The van der Waals surface area contributed by atoms with Gasteiger partial charge in [-0.15, -0.1) is 12.3 Å². The Balaban J connectivity index is 1.41. The van der Waals surface area contributed by atoms with E-state index in [0.29, 0.717) is 17.1 Å². The average Bonchev–Trinajstić information content (AvgIpc) is 3.65. The summed E-state index contributed by atoms with van der Waals surface area (Å²) >= 11 is 6.24. The molecule has 1 unspecified atom stereocenters. The summed E-state index contributed by atoms with van der Waals surface area (Å²) in [5.41, 5.74) is 2.54. The molecular weight excluding hydrogens is 646 g/mol. The van der Waals surface area contributed by atoms with Crippen LogP contribution in [0.15, 0.2) is 30.3 Å². The number of benzene rings is 1. The fraction of sp³-hybridized carbons (Fsp3) is 0.595. The lowest BCUT2D eigenvalue weighted by Gasteiger charge is -2.36. The number of hydrogen-bond donors (Lipinski definition) is 4. The van der Waals surface area contributed by atoms with Gasteiger partial charge in [-0.25, -0.2) is 0 Å². The van der Waals surface area contributed by atoms with Crippen molar-refractivity contribution < 1.29 is 28.8 Å². The third-order valence-electron chi connectivity index (χ3n) is 9.81. The Morgan fingerprint density at radius 3 is 2.49 bits per heavy atom. The molecule has 2 aliphatic carbocycles. The number of hydroxylamine groups is 1. The molecule has 0 aromatic heterocycles. The van der Waals surface area contributed by atoms with Crippen LogP contribution in [0, 0.1) is 23.7 Å². The van der Waals surface area contributed by atoms with Gasteiger partial charge in [-0.2, -0.15) is 0 Å². The molecule has 12 heteroatoms. The first kappa shape index (κ1) is 36.4. The molecular formula is C37H48ClN5O6. The highest BCUT2D eigenvalue weighted by molar-refractivity contribution is 6.38. The maximum Gasteiger partial charge on any atom is 0.289 e. The van der Waals surface area contributed by atoms with Crippen molar-refractivity contribution in [2.24, 2.45) is 11.3 Å². The van der Waals surface area contributed by atoms with Crippen LogP contribution in [0.1, 0.15) is 97.0 Å². The summed E-state index contributed by atoms with van der Waals surface area (Å²) in [4.78, 5) is 75.5. The number of nitrogens with zero attached hydrogens (tertiary/aromatic N) is 1. The summed E-state index contributed by atoms with van der Waals surface area (Å²) in [5, 5.41) is 8.97. The second-order valence-corrected chi connectivity index (χ2v) is 15.5. The van der Waals surface area contributed by atoms with Crippen LogP contribution in [0.25, 0.3) is 5.70 Å². The van der Waals surface area contributed by atoms with Crippen LogP contribution in [0.5, 0.6) is 0 Å². The number of likely N-dealkylation sites (tertiary alicyclic amines) is 1. The van der Waals surface area contributed by atoms with Crippen LogP contribution in [0.3, 0.4) is 0 Å². The summed E-state index contributed by atoms with van der Waals surface area (Å²) in [5.74, 6) is -0.0571. The maximum absolute atomic E-state index is 14.6. The van der Waals surface area contributed by atoms with Crippen LogP contribution in [-0.4, -0.2) is 70.6 Å². The molecule has 3 fully saturated rings. The fourth-order valence-electron chi connectivity index (χ4n) is 6.92. The van der Waals surface area contributed by atoms with Gasteiger partial charge in [0.1, 0.15) is 17.7 Å². The maximum atomic E-state index is 14.6. The van der Waals surface area contributed by atoms with Crippen molar-refractivity contribution in [2.75, 3.05) is 6.54 Å². The van der Waals surface area contributed by atoms with Gasteiger partial charge in [0.25, 0.3) is 5.91 Å². The number of ketones is 1. The molecule has 1 spiro atoms. The van der Waals surface area contributed by atoms with Crippen molar-refractivity contribution in [2.45, 2.75) is 121 Å². The zero-order chi connectivity index (χ0) is 35.3. The average molecular weight is 694 g/mol. The minimum atomic E-state index is -1.18. The predicted octanol–water partition coefficient (Wildman–Crippen LogP) is 3.80. The summed E-state index contributed by atoms with van der Waals surface area (Å²) in [6, 6.07) is 3.95. The number of amides is 4. The molecule has 11 nitrogen and oxygen atoms in total. The van der Waals surface area contributed by atoms with Gasteiger partial charge in [-0.3, -0.25) is 34.3 Å². The van der Waals surface area contributed by atoms with E-state index in [1.807, 2.05) is 39.0 Å². The highest BCUT2D eigenvalue weighted by atomic mass is 35.5. The summed E-state index contributed by atoms with van der Waals surface area (Å²) < 4.78 is 0. The fourth-order valence-corrected chi connectivity index (χ4v) is 7.11. The highest BCUT2D eigenvalue weighted by Gasteiger charge is 2.54. The number of terminal acetylenes is 1. The second kappa shape index (κ2) is 15.3. The van der Waals surface area contributed by atoms with Gasteiger partial charge in [0, 0.05) is 35.9 Å². The number of halogens is 1. The molecule has 264 valence electrons. The standard InChI is InChI=1S/C37H48ClN5O6/c1-5-6-15-27(31(45)34(47)39-26-16-17-26)40-33(46)29-21-37(20-28(42-49-37)24-13-10-14-25(38)19-24)22-43(29)35(48)32(36(2,3)4)41-30(44)18-23-11-8-7-9-12-23/h1,10,13-14,19-20,23,26-27,29,32,42H,6-9,11-12,15-18,21-22H2,2-4H3,(H,39,47)(H,40,46)(H,41,44)/t27?,29-,32+,37+/m0/s1. The van der Waals surface area contributed by atoms with Crippen LogP contribution in [0.2, 0.25) is 5.02 Å². The number of Topliss-reactive ketones (excluding diaryl/α,β-unsaturated/α-hetero) is 1. The summed E-state index contributed by atoms with van der Waals surface area (Å²) in [6.07, 6.45) is 14.9. The van der Waals surface area contributed by atoms with Crippen molar-refractivity contribution in [3.8, 4) is 12.3 Å². The molecule has 0 radical (unpaired) electrons. The number of nitrogens with one attached hydrogen (secondary N) is 4. The molecule has 1 aromatic rings. The van der Waals surface area contributed by atoms with Crippen molar-refractivity contribution in [3.05, 3.63) is 40.9 Å². The molecule has 49 heavy (non-hydrogen) atoms. The van der Waals surface area contributed by atoms with Gasteiger partial charge in [0.05, 0.1) is 18.3 Å². The van der Waals surface area contributed by atoms with E-state index in [1.165, 1.54) is 11.3 Å². The van der Waals surface area contributed by atoms with Gasteiger partial charge in [0.15, 0.2) is 0 Å². The first-order valence-corrected chi connectivity index (χ1v) is 17.8. The zero-order valence-corrected chi connectivity index (χ0v) is 29.4. The Hall–Kier alpha value is -3.88. The monoisotopic (exact) mass is 693 g/mol. The molecule has 2 aliphatic heterocycles. The Bertz CT molecular complexity index is 1520. The molecule has 2 saturated carbocycles. The number of carbonyl (C=O) groups excluding carboxylic acids is 5. The first-order chi connectivity index (χ1) is 23.3. The molecule has 5 rings (SSSR count). The van der Waals surface area contributed by atoms with Gasteiger partial charge < -0.3 is 20.9 Å². The Labute approximate surface area is 293 Å². The normalized spacial score (nSPS) is 23.5. The van der Waals surface area contributed by atoms with Crippen LogP contribution < -0.4 is 21.4 Å². The molecule has 4 atom stereocenters. The van der Waals surface area contributed by atoms with Crippen molar-refractivity contribution in [1.82, 2.24) is 26.3 Å². The Morgan fingerprint density at radius 2 is 1.84 bits per heavy atom. The van der Waals surface area contributed by atoms with E-state index >= 15 is 0 Å². The topological polar surface area (TPSA) is 146 Å². The lowest BCUT2D eigenvalue weighted by atomic mass is 9.84. The number of carbonyl (C=O) groups is 5. The van der Waals surface area contributed by atoms with Crippen LogP contribution in [-0.2, 0) is 28.8 Å². The van der Waals surface area contributed by atoms with E-state index in [9.17, 15) is 24.0 Å². The second-order valence-electron chi connectivity index (χ2n) is 15.0. The third-order valence-corrected chi connectivity index (χ3v) is 10.0. The minimum absolute atomic E-state index is 0.00278. The van der Waals surface area contributed by atoms with Gasteiger partial charge in [-0.05, 0) is 61.6 Å². The largest absolute Gasteiger partial charge is 0.347 e. The van der Waals surface area contributed by atoms with Crippen molar-refractivity contribution in [1.29, 1.82) is 0 Å². The minimum Gasteiger partial charge on any atom is -0.347 e. The van der Waals surface area contributed by atoms with Gasteiger partial charge in [-0.1, -0.05) is 63.8 Å². The zero-order valence-electron chi connectivity index (χ0n) is 28.6. The smallest absolute Gasteiger partial charge is 0.289 e. The van der Waals surface area contributed by atoms with Gasteiger partial charge in [0.2, 0.25) is 23.5 Å². The third kappa shape index (κ3) is 9.22. The summed E-state index contributed by atoms with van der Waals surface area (Å²) in [7, 11) is 0. The van der Waals surface area contributed by atoms with E-state index in [0.717, 1.165) is 44.1 Å². The molecule has 1 aromatic carbocycles. The quantitative estimate of drug-likeness (QED) is 0.193. The molecule has 0 bridgehead atoms. The van der Waals surface area contributed by atoms with Crippen molar-refractivity contribution in [3.63, 3.8) is 0 Å². The molecule has 4 N–H and O–H groups in total. The Morgan fingerprint density at radius 1 is 1.10 bits per heavy atom. The SMILES string of the molecule is C#CCCC(NC(=O)[C@@H]1C[C@]2(C=C(c3cccc(Cl)c3)NO2)CN1C(=O)[C@@H](NC(=O)CC1CCCCC1)C(C)(C)C)C(=O)C(=O)NC1CC1. The number of hydrogen-bond acceptors (Lipinski definition) is 7.